The van der Waals surface area contributed by atoms with Gasteiger partial charge in [-0.15, -0.1) is 0 Å². The Balaban J connectivity index is 1.43. The van der Waals surface area contributed by atoms with Gasteiger partial charge in [-0.25, -0.2) is 4.98 Å². The Morgan fingerprint density at radius 2 is 2.12 bits per heavy atom. The van der Waals surface area contributed by atoms with Crippen LogP contribution < -0.4 is 10.6 Å². The highest BCUT2D eigenvalue weighted by atomic mass is 32.1. The number of carbonyl (C=O) groups is 2. The number of benzene rings is 1. The summed E-state index contributed by atoms with van der Waals surface area (Å²) in [6.07, 6.45) is 4.10. The molecule has 1 aliphatic heterocycles. The molecule has 0 aliphatic carbocycles. The highest BCUT2D eigenvalue weighted by Crippen LogP contribution is 2.19. The van der Waals surface area contributed by atoms with Gasteiger partial charge in [0.25, 0.3) is 5.91 Å². The molecule has 2 aromatic rings. The number of amides is 2. The maximum atomic E-state index is 12.2. The topological polar surface area (TPSA) is 74.3 Å². The van der Waals surface area contributed by atoms with E-state index in [0.29, 0.717) is 11.3 Å². The Labute approximate surface area is 144 Å². The van der Waals surface area contributed by atoms with Gasteiger partial charge >= 0.3 is 0 Å². The SMILES string of the molecule is O=C(Nc1ccccc1)c1cnc(NCCCN2CCCC2=O)s1. The number of thiazole rings is 1. The molecule has 1 aromatic heterocycles. The van der Waals surface area contributed by atoms with Gasteiger partial charge in [0.2, 0.25) is 5.91 Å². The first kappa shape index (κ1) is 16.4. The van der Waals surface area contributed by atoms with Crippen LogP contribution in [-0.4, -0.2) is 41.3 Å². The number of nitrogens with zero attached hydrogens (tertiary/aromatic N) is 2. The monoisotopic (exact) mass is 344 g/mol. The Hall–Kier alpha value is -2.41. The lowest BCUT2D eigenvalue weighted by Gasteiger charge is -2.14. The van der Waals surface area contributed by atoms with Crippen molar-refractivity contribution in [3.05, 3.63) is 41.4 Å². The molecule has 6 nitrogen and oxygen atoms in total. The van der Waals surface area contributed by atoms with Gasteiger partial charge in [-0.05, 0) is 25.0 Å². The van der Waals surface area contributed by atoms with Crippen molar-refractivity contribution in [2.45, 2.75) is 19.3 Å². The summed E-state index contributed by atoms with van der Waals surface area (Å²) in [6.45, 7) is 2.38. The Morgan fingerprint density at radius 1 is 1.29 bits per heavy atom. The number of nitrogens with one attached hydrogen (secondary N) is 2. The van der Waals surface area contributed by atoms with E-state index in [4.69, 9.17) is 0 Å². The first-order chi connectivity index (χ1) is 11.7. The van der Waals surface area contributed by atoms with E-state index < -0.39 is 0 Å². The van der Waals surface area contributed by atoms with Gasteiger partial charge in [0, 0.05) is 31.7 Å². The number of anilines is 2. The van der Waals surface area contributed by atoms with Crippen molar-refractivity contribution in [2.24, 2.45) is 0 Å². The van der Waals surface area contributed by atoms with Crippen molar-refractivity contribution in [3.8, 4) is 0 Å². The van der Waals surface area contributed by atoms with Gasteiger partial charge in [-0.3, -0.25) is 9.59 Å². The summed E-state index contributed by atoms with van der Waals surface area (Å²) in [4.78, 5) is 30.4. The fourth-order valence-corrected chi connectivity index (χ4v) is 3.32. The van der Waals surface area contributed by atoms with Crippen LogP contribution in [0, 0.1) is 0 Å². The average molecular weight is 344 g/mol. The molecule has 0 bridgehead atoms. The molecule has 2 N–H and O–H groups in total. The fourth-order valence-electron chi connectivity index (χ4n) is 2.58. The van der Waals surface area contributed by atoms with Gasteiger partial charge in [0.05, 0.1) is 6.20 Å². The predicted molar refractivity (Wildman–Crippen MR) is 95.4 cm³/mol. The predicted octanol–water partition coefficient (Wildman–Crippen LogP) is 2.82. The van der Waals surface area contributed by atoms with Crippen molar-refractivity contribution in [3.63, 3.8) is 0 Å². The van der Waals surface area contributed by atoms with Crippen LogP contribution in [0.1, 0.15) is 28.9 Å². The average Bonchev–Trinajstić information content (AvgIpc) is 3.22. The van der Waals surface area contributed by atoms with Crippen LogP contribution in [0.15, 0.2) is 36.5 Å². The van der Waals surface area contributed by atoms with Crippen molar-refractivity contribution in [2.75, 3.05) is 30.3 Å². The van der Waals surface area contributed by atoms with E-state index in [1.807, 2.05) is 35.2 Å². The van der Waals surface area contributed by atoms with Gasteiger partial charge in [-0.2, -0.15) is 0 Å². The summed E-state index contributed by atoms with van der Waals surface area (Å²) in [6, 6.07) is 9.34. The van der Waals surface area contributed by atoms with Crippen molar-refractivity contribution in [1.82, 2.24) is 9.88 Å². The van der Waals surface area contributed by atoms with E-state index in [-0.39, 0.29) is 11.8 Å². The van der Waals surface area contributed by atoms with Crippen LogP contribution in [0.3, 0.4) is 0 Å². The molecule has 1 fully saturated rings. The summed E-state index contributed by atoms with van der Waals surface area (Å²) >= 11 is 1.33. The molecule has 0 unspecified atom stereocenters. The summed E-state index contributed by atoms with van der Waals surface area (Å²) in [5.41, 5.74) is 0.765. The van der Waals surface area contributed by atoms with E-state index in [0.717, 1.165) is 43.3 Å². The number of hydrogen-bond acceptors (Lipinski definition) is 5. The highest BCUT2D eigenvalue weighted by Gasteiger charge is 2.19. The van der Waals surface area contributed by atoms with E-state index >= 15 is 0 Å². The van der Waals surface area contributed by atoms with E-state index in [9.17, 15) is 9.59 Å². The Kier molecular flexibility index (Phi) is 5.43. The van der Waals surface area contributed by atoms with Crippen LogP contribution in [0.4, 0.5) is 10.8 Å². The fraction of sp³-hybridized carbons (Fsp3) is 0.353. The van der Waals surface area contributed by atoms with Crippen LogP contribution >= 0.6 is 11.3 Å². The first-order valence-corrected chi connectivity index (χ1v) is 8.88. The van der Waals surface area contributed by atoms with Gasteiger partial charge in [0.1, 0.15) is 4.88 Å². The molecule has 0 atom stereocenters. The zero-order chi connectivity index (χ0) is 16.8. The van der Waals surface area contributed by atoms with E-state index in [1.54, 1.807) is 6.20 Å². The normalized spacial score (nSPS) is 14.0. The minimum Gasteiger partial charge on any atom is -0.361 e. The molecule has 126 valence electrons. The minimum absolute atomic E-state index is 0.158. The molecule has 0 spiro atoms. The number of para-hydroxylation sites is 1. The van der Waals surface area contributed by atoms with Gasteiger partial charge < -0.3 is 15.5 Å². The van der Waals surface area contributed by atoms with E-state index in [2.05, 4.69) is 15.6 Å². The molecular weight excluding hydrogens is 324 g/mol. The second-order valence-electron chi connectivity index (χ2n) is 5.61. The molecule has 1 saturated heterocycles. The molecule has 3 rings (SSSR count). The summed E-state index contributed by atoms with van der Waals surface area (Å²) in [5, 5.41) is 6.78. The zero-order valence-electron chi connectivity index (χ0n) is 13.3. The molecule has 1 aromatic carbocycles. The molecule has 24 heavy (non-hydrogen) atoms. The number of likely N-dealkylation sites (tertiary alicyclic amines) is 1. The Morgan fingerprint density at radius 3 is 2.88 bits per heavy atom. The standard InChI is InChI=1S/C17H20N4O2S/c22-15-8-4-10-21(15)11-5-9-18-17-19-12-14(24-17)16(23)20-13-6-2-1-3-7-13/h1-3,6-7,12H,4-5,8-11H2,(H,18,19)(H,20,23). The minimum atomic E-state index is -0.158. The molecule has 2 amide bonds. The van der Waals surface area contributed by atoms with Crippen molar-refractivity contribution in [1.29, 1.82) is 0 Å². The second kappa shape index (κ2) is 7.92. The largest absolute Gasteiger partial charge is 0.361 e. The third-order valence-corrected chi connectivity index (χ3v) is 4.77. The van der Waals surface area contributed by atoms with Gasteiger partial charge in [-0.1, -0.05) is 29.5 Å². The summed E-state index contributed by atoms with van der Waals surface area (Å²) in [7, 11) is 0. The molecule has 7 heteroatoms. The third-order valence-electron chi connectivity index (χ3n) is 3.81. The second-order valence-corrected chi connectivity index (χ2v) is 6.65. The Bertz CT molecular complexity index is 702. The first-order valence-electron chi connectivity index (χ1n) is 8.06. The smallest absolute Gasteiger partial charge is 0.267 e. The van der Waals surface area contributed by atoms with Crippen LogP contribution in [-0.2, 0) is 4.79 Å². The van der Waals surface area contributed by atoms with Crippen LogP contribution in [0.25, 0.3) is 0 Å². The highest BCUT2D eigenvalue weighted by molar-refractivity contribution is 7.17. The number of rotatable bonds is 7. The summed E-state index contributed by atoms with van der Waals surface area (Å²) < 4.78 is 0. The maximum Gasteiger partial charge on any atom is 0.267 e. The molecular formula is C17H20N4O2S. The molecule has 1 aliphatic rings. The lowest BCUT2D eigenvalue weighted by Crippen LogP contribution is -2.26. The van der Waals surface area contributed by atoms with Crippen molar-refractivity contribution < 1.29 is 9.59 Å². The maximum absolute atomic E-state index is 12.2. The zero-order valence-corrected chi connectivity index (χ0v) is 14.1. The van der Waals surface area contributed by atoms with E-state index in [1.165, 1.54) is 11.3 Å². The van der Waals surface area contributed by atoms with Crippen LogP contribution in [0.5, 0.6) is 0 Å². The molecule has 2 heterocycles. The molecule has 0 saturated carbocycles. The van der Waals surface area contributed by atoms with Gasteiger partial charge in [0.15, 0.2) is 5.13 Å². The molecule has 0 radical (unpaired) electrons. The summed E-state index contributed by atoms with van der Waals surface area (Å²) in [5.74, 6) is 0.0959. The third kappa shape index (κ3) is 4.32. The number of hydrogen-bond donors (Lipinski definition) is 2. The number of aromatic nitrogens is 1. The lowest BCUT2D eigenvalue weighted by molar-refractivity contribution is -0.127. The number of carbonyl (C=O) groups excluding carboxylic acids is 2. The van der Waals surface area contributed by atoms with Crippen molar-refractivity contribution >= 4 is 34.0 Å². The quantitative estimate of drug-likeness (QED) is 0.758. The lowest BCUT2D eigenvalue weighted by atomic mass is 10.3. The van der Waals surface area contributed by atoms with Crippen LogP contribution in [0.2, 0.25) is 0 Å².